The highest BCUT2D eigenvalue weighted by Gasteiger charge is 2.32. The van der Waals surface area contributed by atoms with Gasteiger partial charge in [0.25, 0.3) is 11.8 Å². The Kier molecular flexibility index (Phi) is 8.20. The second kappa shape index (κ2) is 11.9. The zero-order valence-electron chi connectivity index (χ0n) is 22.4. The largest absolute Gasteiger partial charge is 0.457 e. The molecule has 0 aliphatic carbocycles. The quantitative estimate of drug-likeness (QED) is 0.538. The van der Waals surface area contributed by atoms with Crippen molar-refractivity contribution in [3.8, 4) is 11.5 Å². The average Bonchev–Trinajstić information content (AvgIpc) is 3.35. The van der Waals surface area contributed by atoms with Gasteiger partial charge in [0.2, 0.25) is 5.91 Å². The molecule has 4 bridgehead atoms. The number of aromatic nitrogens is 2. The lowest BCUT2D eigenvalue weighted by Crippen LogP contribution is -2.57. The third kappa shape index (κ3) is 6.62. The van der Waals surface area contributed by atoms with E-state index < -0.39 is 0 Å². The maximum atomic E-state index is 13.1. The summed E-state index contributed by atoms with van der Waals surface area (Å²) in [5, 5.41) is 7.14. The zero-order valence-corrected chi connectivity index (χ0v) is 22.4. The lowest BCUT2D eigenvalue weighted by Gasteiger charge is -2.38. The van der Waals surface area contributed by atoms with Crippen LogP contribution in [0.1, 0.15) is 39.6 Å². The van der Waals surface area contributed by atoms with Crippen LogP contribution in [0, 0.1) is 6.92 Å². The Balaban J connectivity index is 1.36. The van der Waals surface area contributed by atoms with Gasteiger partial charge in [-0.25, -0.2) is 0 Å². The van der Waals surface area contributed by atoms with Gasteiger partial charge in [-0.1, -0.05) is 23.4 Å². The minimum Gasteiger partial charge on any atom is -0.457 e. The van der Waals surface area contributed by atoms with Crippen molar-refractivity contribution in [2.75, 3.05) is 33.8 Å². The summed E-state index contributed by atoms with van der Waals surface area (Å²) < 4.78 is 22.8. The first-order valence-electron chi connectivity index (χ1n) is 12.9. The molecule has 11 nitrogen and oxygen atoms in total. The van der Waals surface area contributed by atoms with Crippen LogP contribution < -0.4 is 10.1 Å². The van der Waals surface area contributed by atoms with Gasteiger partial charge in [0.1, 0.15) is 18.1 Å². The predicted molar refractivity (Wildman–Crippen MR) is 140 cm³/mol. The highest BCUT2D eigenvalue weighted by Crippen LogP contribution is 2.28. The normalized spacial score (nSPS) is 20.7. The van der Waals surface area contributed by atoms with Crippen molar-refractivity contribution in [2.24, 2.45) is 0 Å². The van der Waals surface area contributed by atoms with Gasteiger partial charge in [-0.05, 0) is 48.7 Å². The number of carbonyl (C=O) groups is 2. The molecule has 11 heteroatoms. The van der Waals surface area contributed by atoms with Crippen molar-refractivity contribution in [1.29, 1.82) is 0 Å². The van der Waals surface area contributed by atoms with Crippen LogP contribution in [-0.4, -0.2) is 77.7 Å². The number of methoxy groups -OCH3 is 1. The summed E-state index contributed by atoms with van der Waals surface area (Å²) in [6, 6.07) is 12.7. The smallest absolute Gasteiger partial charge is 0.254 e. The molecule has 2 aliphatic heterocycles. The van der Waals surface area contributed by atoms with E-state index in [1.165, 1.54) is 4.90 Å². The van der Waals surface area contributed by atoms with Gasteiger partial charge < -0.3 is 29.0 Å². The molecule has 0 spiro atoms. The monoisotopic (exact) mass is 535 g/mol. The summed E-state index contributed by atoms with van der Waals surface area (Å²) in [4.78, 5) is 34.2. The first-order chi connectivity index (χ1) is 18.9. The predicted octanol–water partition coefficient (Wildman–Crippen LogP) is 2.68. The molecule has 0 unspecified atom stereocenters. The van der Waals surface area contributed by atoms with Gasteiger partial charge in [-0.2, -0.15) is 4.98 Å². The number of rotatable bonds is 4. The number of piperidine rings is 1. The van der Waals surface area contributed by atoms with E-state index in [0.29, 0.717) is 54.9 Å². The number of fused-ring (bicyclic) bond motifs is 5. The van der Waals surface area contributed by atoms with E-state index >= 15 is 0 Å². The van der Waals surface area contributed by atoms with Crippen LogP contribution in [0.25, 0.3) is 0 Å². The van der Waals surface area contributed by atoms with E-state index in [-0.39, 0.29) is 37.1 Å². The summed E-state index contributed by atoms with van der Waals surface area (Å²) in [6.07, 6.45) is 0.482. The molecule has 2 aromatic carbocycles. The molecular weight excluding hydrogens is 502 g/mol. The van der Waals surface area contributed by atoms with Gasteiger partial charge in [0.15, 0.2) is 5.82 Å². The lowest BCUT2D eigenvalue weighted by molar-refractivity contribution is -0.125. The third-order valence-electron chi connectivity index (χ3n) is 6.88. The molecule has 2 aliphatic rings. The maximum Gasteiger partial charge on any atom is 0.254 e. The second-order valence-corrected chi connectivity index (χ2v) is 9.98. The number of likely N-dealkylation sites (tertiary alicyclic amines) is 1. The standard InChI is InChI=1S/C28H33N5O6/c1-18-7-8-20-12-24(18)38-21-6-4-5-19(11-21)16-37-23-9-10-33(14-25-30-27(17-36-3)39-31-25)13-22(23)29-26(34)15-32(2)28(20)35/h4-8,11-12,22-23H,9-10,13-17H2,1-3H3,(H,29,34)/t22-,23+/m0/s1. The molecule has 1 fully saturated rings. The van der Waals surface area contributed by atoms with Crippen LogP contribution in [0.5, 0.6) is 11.5 Å². The van der Waals surface area contributed by atoms with E-state index in [1.54, 1.807) is 26.3 Å². The molecule has 1 saturated heterocycles. The van der Waals surface area contributed by atoms with Crippen LogP contribution in [0.4, 0.5) is 0 Å². The first kappa shape index (κ1) is 26.8. The van der Waals surface area contributed by atoms with E-state index in [2.05, 4.69) is 20.4 Å². The van der Waals surface area contributed by atoms with Crippen molar-refractivity contribution in [1.82, 2.24) is 25.3 Å². The molecule has 2 atom stereocenters. The average molecular weight is 536 g/mol. The molecule has 39 heavy (non-hydrogen) atoms. The zero-order chi connectivity index (χ0) is 27.4. The summed E-state index contributed by atoms with van der Waals surface area (Å²) in [7, 11) is 3.18. The fourth-order valence-corrected chi connectivity index (χ4v) is 4.85. The van der Waals surface area contributed by atoms with E-state index in [9.17, 15) is 9.59 Å². The molecule has 206 valence electrons. The number of nitrogens with zero attached hydrogens (tertiary/aromatic N) is 4. The topological polar surface area (TPSA) is 119 Å². The number of nitrogens with one attached hydrogen (secondary N) is 1. The number of hydrogen-bond acceptors (Lipinski definition) is 9. The Bertz CT molecular complexity index is 1330. The van der Waals surface area contributed by atoms with Crippen molar-refractivity contribution in [2.45, 2.75) is 45.2 Å². The van der Waals surface area contributed by atoms with Crippen LogP contribution >= 0.6 is 0 Å². The SMILES string of the molecule is COCc1nc(CN2CC[C@H]3OCc4cccc(c4)Oc4cc(ccc4C)C(=O)N(C)CC(=O)N[C@H]3C2)no1. The Morgan fingerprint density at radius 3 is 2.90 bits per heavy atom. The van der Waals surface area contributed by atoms with Crippen LogP contribution in [0.15, 0.2) is 47.0 Å². The van der Waals surface area contributed by atoms with Crippen LogP contribution in [-0.2, 0) is 34.0 Å². The molecule has 1 N–H and O–H groups in total. The summed E-state index contributed by atoms with van der Waals surface area (Å²) in [5.74, 6) is 1.71. The van der Waals surface area contributed by atoms with Gasteiger partial charge in [0, 0.05) is 32.8 Å². The fraction of sp³-hybridized carbons (Fsp3) is 0.429. The van der Waals surface area contributed by atoms with Crippen molar-refractivity contribution in [3.05, 3.63) is 70.9 Å². The number of amides is 2. The molecule has 5 rings (SSSR count). The Morgan fingerprint density at radius 2 is 2.05 bits per heavy atom. The summed E-state index contributed by atoms with van der Waals surface area (Å²) in [5.41, 5.74) is 2.31. The minimum absolute atomic E-state index is 0.0869. The first-order valence-corrected chi connectivity index (χ1v) is 12.9. The summed E-state index contributed by atoms with van der Waals surface area (Å²) in [6.45, 7) is 4.21. The molecule has 0 radical (unpaired) electrons. The molecule has 2 amide bonds. The Morgan fingerprint density at radius 1 is 1.18 bits per heavy atom. The molecule has 0 saturated carbocycles. The molecule has 1 aromatic heterocycles. The number of hydrogen-bond donors (Lipinski definition) is 1. The minimum atomic E-state index is -0.293. The van der Waals surface area contributed by atoms with Crippen molar-refractivity contribution in [3.63, 3.8) is 0 Å². The van der Waals surface area contributed by atoms with E-state index in [4.69, 9.17) is 18.7 Å². The highest BCUT2D eigenvalue weighted by atomic mass is 16.5. The lowest BCUT2D eigenvalue weighted by atomic mass is 10.0. The van der Waals surface area contributed by atoms with Gasteiger partial charge in [-0.15, -0.1) is 0 Å². The van der Waals surface area contributed by atoms with Crippen LogP contribution in [0.3, 0.4) is 0 Å². The molecule has 3 aromatic rings. The summed E-state index contributed by atoms with van der Waals surface area (Å²) >= 11 is 0. The second-order valence-electron chi connectivity index (χ2n) is 9.98. The highest BCUT2D eigenvalue weighted by molar-refractivity contribution is 5.96. The fourth-order valence-electron chi connectivity index (χ4n) is 4.85. The van der Waals surface area contributed by atoms with Crippen molar-refractivity contribution >= 4 is 11.8 Å². The Hall–Kier alpha value is -3.80. The number of aryl methyl sites for hydroxylation is 1. The van der Waals surface area contributed by atoms with E-state index in [0.717, 1.165) is 17.7 Å². The van der Waals surface area contributed by atoms with Gasteiger partial charge >= 0.3 is 0 Å². The number of ether oxygens (including phenoxy) is 3. The number of benzene rings is 2. The number of likely N-dealkylation sites (N-methyl/N-ethyl adjacent to an activating group) is 1. The Labute approximate surface area is 227 Å². The third-order valence-corrected chi connectivity index (χ3v) is 6.88. The number of carbonyl (C=O) groups excluding carboxylic acids is 2. The molecular formula is C28H33N5O6. The van der Waals surface area contributed by atoms with Crippen molar-refractivity contribution < 1.29 is 28.3 Å². The van der Waals surface area contributed by atoms with Crippen LogP contribution in [0.2, 0.25) is 0 Å². The maximum absolute atomic E-state index is 13.1. The van der Waals surface area contributed by atoms with Gasteiger partial charge in [-0.3, -0.25) is 14.5 Å². The molecule has 3 heterocycles. The van der Waals surface area contributed by atoms with Gasteiger partial charge in [0.05, 0.1) is 31.8 Å². The van der Waals surface area contributed by atoms with E-state index in [1.807, 2.05) is 37.3 Å².